The van der Waals surface area contributed by atoms with Crippen molar-refractivity contribution in [3.63, 3.8) is 0 Å². The summed E-state index contributed by atoms with van der Waals surface area (Å²) in [6.07, 6.45) is 2.88. The molecule has 0 aliphatic carbocycles. The van der Waals surface area contributed by atoms with Crippen LogP contribution in [0, 0.1) is 27.7 Å². The van der Waals surface area contributed by atoms with Crippen LogP contribution in [0.5, 0.6) is 0 Å². The molecule has 3 aromatic rings. The Kier molecular flexibility index (Phi) is 4.40. The van der Waals surface area contributed by atoms with Crippen molar-refractivity contribution < 1.29 is 0 Å². The molecule has 5 nitrogen and oxygen atoms in total. The summed E-state index contributed by atoms with van der Waals surface area (Å²) in [5.41, 5.74) is 5.54. The lowest BCUT2D eigenvalue weighted by atomic mass is 10.0. The van der Waals surface area contributed by atoms with Crippen molar-refractivity contribution in [1.29, 1.82) is 0 Å². The van der Waals surface area contributed by atoms with E-state index in [2.05, 4.69) is 32.8 Å². The number of halogens is 1. The molecule has 0 bridgehead atoms. The number of nitrogens with zero attached hydrogens (tertiary/aromatic N) is 5. The highest BCUT2D eigenvalue weighted by atomic mass is 35.5. The standard InChI is InChI=1S/C19H20ClN5S/c1-10-18(20)23-12(3)24-19(10)25-6-5-16-15(9-25)7-14(8-21-16)17-11(2)22-13(4)26-17/h7-8H,5-6,9H2,1-4H3. The van der Waals surface area contributed by atoms with Crippen LogP contribution in [0.3, 0.4) is 0 Å². The van der Waals surface area contributed by atoms with E-state index in [1.165, 1.54) is 16.1 Å². The van der Waals surface area contributed by atoms with Crippen molar-refractivity contribution in [3.05, 3.63) is 50.8 Å². The van der Waals surface area contributed by atoms with Gasteiger partial charge in [0.25, 0.3) is 0 Å². The van der Waals surface area contributed by atoms with Crippen LogP contribution in [-0.2, 0) is 13.0 Å². The van der Waals surface area contributed by atoms with Crippen LogP contribution in [0.15, 0.2) is 12.3 Å². The fraction of sp³-hybridized carbons (Fsp3) is 0.368. The van der Waals surface area contributed by atoms with Gasteiger partial charge in [-0.25, -0.2) is 15.0 Å². The lowest BCUT2D eigenvalue weighted by Crippen LogP contribution is -2.32. The summed E-state index contributed by atoms with van der Waals surface area (Å²) in [4.78, 5) is 21.6. The average molecular weight is 386 g/mol. The molecule has 4 rings (SSSR count). The largest absolute Gasteiger partial charge is 0.351 e. The minimum atomic E-state index is 0.529. The Morgan fingerprint density at radius 3 is 2.65 bits per heavy atom. The van der Waals surface area contributed by atoms with Crippen molar-refractivity contribution in [3.8, 4) is 10.4 Å². The molecular formula is C19H20ClN5S. The van der Waals surface area contributed by atoms with E-state index in [1.807, 2.05) is 27.0 Å². The van der Waals surface area contributed by atoms with Crippen molar-refractivity contribution in [2.75, 3.05) is 11.4 Å². The van der Waals surface area contributed by atoms with Crippen LogP contribution >= 0.6 is 22.9 Å². The van der Waals surface area contributed by atoms with Crippen LogP contribution in [0.4, 0.5) is 5.82 Å². The van der Waals surface area contributed by atoms with E-state index < -0.39 is 0 Å². The first-order chi connectivity index (χ1) is 12.4. The second kappa shape index (κ2) is 6.59. The van der Waals surface area contributed by atoms with Gasteiger partial charge in [0.05, 0.1) is 15.6 Å². The lowest BCUT2D eigenvalue weighted by Gasteiger charge is -2.30. The van der Waals surface area contributed by atoms with Crippen molar-refractivity contribution in [1.82, 2.24) is 19.9 Å². The topological polar surface area (TPSA) is 54.8 Å². The van der Waals surface area contributed by atoms with Gasteiger partial charge in [0.2, 0.25) is 0 Å². The van der Waals surface area contributed by atoms with Gasteiger partial charge in [0.1, 0.15) is 16.8 Å². The minimum absolute atomic E-state index is 0.529. The third-order valence-corrected chi connectivity index (χ3v) is 6.17. The lowest BCUT2D eigenvalue weighted by molar-refractivity contribution is 0.697. The van der Waals surface area contributed by atoms with Crippen molar-refractivity contribution in [2.45, 2.75) is 40.7 Å². The smallest absolute Gasteiger partial charge is 0.137 e. The number of thiazole rings is 1. The maximum atomic E-state index is 6.27. The first-order valence-corrected chi connectivity index (χ1v) is 9.79. The predicted molar refractivity (Wildman–Crippen MR) is 106 cm³/mol. The van der Waals surface area contributed by atoms with Crippen molar-refractivity contribution >= 4 is 28.8 Å². The maximum Gasteiger partial charge on any atom is 0.137 e. The van der Waals surface area contributed by atoms with Crippen LogP contribution in [0.2, 0.25) is 5.15 Å². The van der Waals surface area contributed by atoms with Gasteiger partial charge in [-0.15, -0.1) is 11.3 Å². The number of aryl methyl sites for hydroxylation is 3. The average Bonchev–Trinajstić information content (AvgIpc) is 2.95. The van der Waals surface area contributed by atoms with Gasteiger partial charge in [0, 0.05) is 42.5 Å². The first-order valence-electron chi connectivity index (χ1n) is 8.60. The van der Waals surface area contributed by atoms with Gasteiger partial charge in [-0.05, 0) is 39.3 Å². The Hall–Kier alpha value is -2.05. The number of rotatable bonds is 2. The summed E-state index contributed by atoms with van der Waals surface area (Å²) < 4.78 is 0. The number of anilines is 1. The zero-order valence-electron chi connectivity index (χ0n) is 15.3. The molecule has 1 aliphatic heterocycles. The van der Waals surface area contributed by atoms with Gasteiger partial charge in [0.15, 0.2) is 0 Å². The molecule has 134 valence electrons. The second-order valence-electron chi connectivity index (χ2n) is 6.66. The Morgan fingerprint density at radius 1 is 1.12 bits per heavy atom. The highest BCUT2D eigenvalue weighted by molar-refractivity contribution is 7.15. The van der Waals surface area contributed by atoms with E-state index in [1.54, 1.807) is 11.3 Å². The van der Waals surface area contributed by atoms with Gasteiger partial charge < -0.3 is 4.90 Å². The molecule has 0 fully saturated rings. The Labute approximate surface area is 162 Å². The number of hydrogen-bond donors (Lipinski definition) is 0. The second-order valence-corrected chi connectivity index (χ2v) is 8.22. The van der Waals surface area contributed by atoms with Crippen LogP contribution in [0.25, 0.3) is 10.4 Å². The number of fused-ring (bicyclic) bond motifs is 1. The molecule has 26 heavy (non-hydrogen) atoms. The van der Waals surface area contributed by atoms with Crippen LogP contribution < -0.4 is 4.90 Å². The highest BCUT2D eigenvalue weighted by Gasteiger charge is 2.22. The summed E-state index contributed by atoms with van der Waals surface area (Å²) in [7, 11) is 0. The number of pyridine rings is 1. The molecule has 7 heteroatoms. The van der Waals surface area contributed by atoms with Gasteiger partial charge in [-0.2, -0.15) is 0 Å². The van der Waals surface area contributed by atoms with Gasteiger partial charge >= 0.3 is 0 Å². The molecule has 0 N–H and O–H groups in total. The Morgan fingerprint density at radius 2 is 1.92 bits per heavy atom. The zero-order chi connectivity index (χ0) is 18.4. The quantitative estimate of drug-likeness (QED) is 0.610. The fourth-order valence-electron chi connectivity index (χ4n) is 3.42. The molecule has 0 amide bonds. The predicted octanol–water partition coefficient (Wildman–Crippen LogP) is 4.44. The van der Waals surface area contributed by atoms with Crippen LogP contribution in [0.1, 0.15) is 33.3 Å². The molecule has 0 atom stereocenters. The third kappa shape index (κ3) is 3.08. The normalized spacial score (nSPS) is 13.8. The summed E-state index contributed by atoms with van der Waals surface area (Å²) in [5, 5.41) is 1.61. The summed E-state index contributed by atoms with van der Waals surface area (Å²) in [6, 6.07) is 2.25. The summed E-state index contributed by atoms with van der Waals surface area (Å²) >= 11 is 7.99. The SMILES string of the molecule is Cc1nc(Cl)c(C)c(N2CCc3ncc(-c4sc(C)nc4C)cc3C2)n1. The molecule has 1 aliphatic rings. The molecule has 0 unspecified atom stereocenters. The zero-order valence-corrected chi connectivity index (χ0v) is 16.9. The molecule has 0 saturated heterocycles. The first kappa shape index (κ1) is 17.4. The van der Waals surface area contributed by atoms with E-state index in [-0.39, 0.29) is 0 Å². The fourth-order valence-corrected chi connectivity index (χ4v) is 4.53. The molecule has 4 heterocycles. The summed E-state index contributed by atoms with van der Waals surface area (Å²) in [6.45, 7) is 9.61. The Balaban J connectivity index is 1.70. The van der Waals surface area contributed by atoms with Crippen LogP contribution in [-0.4, -0.2) is 26.5 Å². The molecule has 0 saturated carbocycles. The van der Waals surface area contributed by atoms with Gasteiger partial charge in [-0.1, -0.05) is 11.6 Å². The molecule has 3 aromatic heterocycles. The van der Waals surface area contributed by atoms with E-state index in [9.17, 15) is 0 Å². The molecule has 0 radical (unpaired) electrons. The third-order valence-electron chi connectivity index (χ3n) is 4.68. The number of hydrogen-bond acceptors (Lipinski definition) is 6. The van der Waals surface area contributed by atoms with Gasteiger partial charge in [-0.3, -0.25) is 4.98 Å². The Bertz CT molecular complexity index is 998. The maximum absolute atomic E-state index is 6.27. The summed E-state index contributed by atoms with van der Waals surface area (Å²) in [5.74, 6) is 1.62. The minimum Gasteiger partial charge on any atom is -0.351 e. The molecular weight excluding hydrogens is 366 g/mol. The van der Waals surface area contributed by atoms with E-state index >= 15 is 0 Å². The monoisotopic (exact) mass is 385 g/mol. The van der Waals surface area contributed by atoms with Crippen molar-refractivity contribution in [2.24, 2.45) is 0 Å². The number of aromatic nitrogens is 4. The molecule has 0 spiro atoms. The molecule has 0 aromatic carbocycles. The van der Waals surface area contributed by atoms with E-state index in [0.29, 0.717) is 11.0 Å². The van der Waals surface area contributed by atoms with E-state index in [0.717, 1.165) is 47.2 Å². The van der Waals surface area contributed by atoms with E-state index in [4.69, 9.17) is 16.6 Å². The highest BCUT2D eigenvalue weighted by Crippen LogP contribution is 2.33.